The number of hydroxylamine groups is 1. The summed E-state index contributed by atoms with van der Waals surface area (Å²) in [4.78, 5) is 0. The fraction of sp³-hybridized carbons (Fsp3) is 1.00. The summed E-state index contributed by atoms with van der Waals surface area (Å²) >= 11 is 4.34. The van der Waals surface area contributed by atoms with Gasteiger partial charge >= 0.3 is 8.80 Å². The lowest BCUT2D eigenvalue weighted by atomic mass is 10.1. The second-order valence-corrected chi connectivity index (χ2v) is 10.8. The second kappa shape index (κ2) is 16.4. The van der Waals surface area contributed by atoms with Gasteiger partial charge in [0.2, 0.25) is 0 Å². The van der Waals surface area contributed by atoms with E-state index in [1.807, 2.05) is 0 Å². The SMILES string of the molecule is CCCCCCCCCCCCO[Si]1(CCCS)OCCC(C)CNO1. The van der Waals surface area contributed by atoms with Gasteiger partial charge in [0.15, 0.2) is 0 Å². The van der Waals surface area contributed by atoms with Gasteiger partial charge < -0.3 is 8.85 Å². The van der Waals surface area contributed by atoms with Crippen LogP contribution in [0.25, 0.3) is 0 Å². The molecular weight excluding hydrogens is 362 g/mol. The van der Waals surface area contributed by atoms with Crippen molar-refractivity contribution in [3.05, 3.63) is 0 Å². The summed E-state index contributed by atoms with van der Waals surface area (Å²) in [6.45, 7) is 6.87. The number of unbranched alkanes of at least 4 members (excludes halogenated alkanes) is 9. The first-order chi connectivity index (χ1) is 12.7. The van der Waals surface area contributed by atoms with Crippen molar-refractivity contribution in [2.24, 2.45) is 5.92 Å². The number of nitrogens with one attached hydrogen (secondary N) is 1. The number of hydrogen-bond donors (Lipinski definition) is 2. The van der Waals surface area contributed by atoms with Crippen LogP contribution in [0.4, 0.5) is 0 Å². The van der Waals surface area contributed by atoms with Gasteiger partial charge in [-0.05, 0) is 30.9 Å². The first-order valence-corrected chi connectivity index (χ1v) is 13.6. The van der Waals surface area contributed by atoms with E-state index in [0.29, 0.717) is 5.92 Å². The summed E-state index contributed by atoms with van der Waals surface area (Å²) in [7, 11) is -2.57. The molecule has 1 aliphatic rings. The fourth-order valence-electron chi connectivity index (χ4n) is 3.22. The van der Waals surface area contributed by atoms with E-state index in [0.717, 1.165) is 50.8 Å². The predicted octanol–water partition coefficient (Wildman–Crippen LogP) is 5.76. The zero-order chi connectivity index (χ0) is 18.9. The van der Waals surface area contributed by atoms with Crippen molar-refractivity contribution in [2.75, 3.05) is 25.5 Å². The van der Waals surface area contributed by atoms with E-state index in [1.165, 1.54) is 57.8 Å². The molecule has 1 heterocycles. The van der Waals surface area contributed by atoms with Crippen LogP contribution in [0, 0.1) is 5.92 Å². The van der Waals surface area contributed by atoms with Crippen LogP contribution in [0.5, 0.6) is 0 Å². The molecule has 156 valence electrons. The van der Waals surface area contributed by atoms with E-state index in [2.05, 4.69) is 32.0 Å². The first kappa shape index (κ1) is 24.4. The summed E-state index contributed by atoms with van der Waals surface area (Å²) in [5, 5.41) is 0. The van der Waals surface area contributed by atoms with Gasteiger partial charge in [-0.3, -0.25) is 4.53 Å². The van der Waals surface area contributed by atoms with Crippen molar-refractivity contribution < 1.29 is 13.4 Å². The quantitative estimate of drug-likeness (QED) is 0.206. The number of rotatable bonds is 15. The van der Waals surface area contributed by atoms with E-state index in [9.17, 15) is 0 Å². The lowest BCUT2D eigenvalue weighted by molar-refractivity contribution is -0.00168. The van der Waals surface area contributed by atoms with Crippen molar-refractivity contribution >= 4 is 21.4 Å². The van der Waals surface area contributed by atoms with Crippen LogP contribution < -0.4 is 5.48 Å². The smallest absolute Gasteiger partial charge is 0.373 e. The molecule has 0 bridgehead atoms. The zero-order valence-corrected chi connectivity index (χ0v) is 19.2. The van der Waals surface area contributed by atoms with Crippen molar-refractivity contribution in [3.8, 4) is 0 Å². The minimum absolute atomic E-state index is 0.578. The van der Waals surface area contributed by atoms with Crippen molar-refractivity contribution in [3.63, 3.8) is 0 Å². The molecule has 0 spiro atoms. The molecule has 26 heavy (non-hydrogen) atoms. The monoisotopic (exact) mass is 405 g/mol. The molecular formula is C20H43NO3SSi. The normalized spacial score (nSPS) is 24.3. The zero-order valence-electron chi connectivity index (χ0n) is 17.3. The average molecular weight is 406 g/mol. The topological polar surface area (TPSA) is 39.7 Å². The summed E-state index contributed by atoms with van der Waals surface area (Å²) in [5.74, 6) is 1.42. The maximum atomic E-state index is 6.21. The standard InChI is InChI=1S/C20H43NO3SSi/c1-3-4-5-6-7-8-9-10-11-12-15-22-26(18-13-17-25)23-16-14-20(2)19-21-24-26/h20-21,25H,3-19H2,1-2H3. The lowest BCUT2D eigenvalue weighted by Crippen LogP contribution is -2.52. The lowest BCUT2D eigenvalue weighted by Gasteiger charge is -2.32. The molecule has 0 aliphatic carbocycles. The largest absolute Gasteiger partial charge is 0.517 e. The molecule has 0 radical (unpaired) electrons. The first-order valence-electron chi connectivity index (χ1n) is 11.0. The van der Waals surface area contributed by atoms with Crippen LogP contribution in [0.2, 0.25) is 6.04 Å². The Balaban J connectivity index is 2.13. The molecule has 1 saturated heterocycles. The Labute approximate surface area is 168 Å². The highest BCUT2D eigenvalue weighted by atomic mass is 32.1. The molecule has 0 aromatic rings. The van der Waals surface area contributed by atoms with E-state index >= 15 is 0 Å². The summed E-state index contributed by atoms with van der Waals surface area (Å²) in [6.07, 6.45) is 15.4. The minimum atomic E-state index is -2.57. The minimum Gasteiger partial charge on any atom is -0.373 e. The molecule has 0 saturated carbocycles. The third-order valence-corrected chi connectivity index (χ3v) is 8.08. The van der Waals surface area contributed by atoms with Gasteiger partial charge in [-0.25, -0.2) is 5.48 Å². The molecule has 4 nitrogen and oxygen atoms in total. The molecule has 0 aromatic carbocycles. The molecule has 2 atom stereocenters. The predicted molar refractivity (Wildman–Crippen MR) is 116 cm³/mol. The van der Waals surface area contributed by atoms with Crippen LogP contribution in [0.3, 0.4) is 0 Å². The van der Waals surface area contributed by atoms with Crippen molar-refractivity contribution in [1.29, 1.82) is 0 Å². The van der Waals surface area contributed by atoms with Gasteiger partial charge in [-0.1, -0.05) is 71.6 Å². The second-order valence-electron chi connectivity index (χ2n) is 7.73. The maximum absolute atomic E-state index is 6.21. The Morgan fingerprint density at radius 3 is 2.31 bits per heavy atom. The van der Waals surface area contributed by atoms with E-state index in [1.54, 1.807) is 0 Å². The molecule has 1 rings (SSSR count). The Morgan fingerprint density at radius 1 is 1.00 bits per heavy atom. The highest BCUT2D eigenvalue weighted by Gasteiger charge is 2.42. The maximum Gasteiger partial charge on any atom is 0.517 e. The summed E-state index contributed by atoms with van der Waals surface area (Å²) in [6, 6.07) is 0.857. The van der Waals surface area contributed by atoms with E-state index in [-0.39, 0.29) is 0 Å². The van der Waals surface area contributed by atoms with Crippen molar-refractivity contribution in [1.82, 2.24) is 5.48 Å². The van der Waals surface area contributed by atoms with E-state index in [4.69, 9.17) is 13.4 Å². The van der Waals surface area contributed by atoms with Gasteiger partial charge in [0, 0.05) is 25.8 Å². The Bertz CT molecular complexity index is 313. The van der Waals surface area contributed by atoms with Gasteiger partial charge in [0.25, 0.3) is 0 Å². The number of thiol groups is 1. The highest BCUT2D eigenvalue weighted by Crippen LogP contribution is 2.21. The molecule has 6 heteroatoms. The molecule has 1 fully saturated rings. The highest BCUT2D eigenvalue weighted by molar-refractivity contribution is 7.80. The third-order valence-electron chi connectivity index (χ3n) is 5.05. The average Bonchev–Trinajstić information content (AvgIpc) is 2.62. The molecule has 2 unspecified atom stereocenters. The van der Waals surface area contributed by atoms with Gasteiger partial charge in [0.1, 0.15) is 0 Å². The summed E-state index contributed by atoms with van der Waals surface area (Å²) in [5.41, 5.74) is 3.11. The third kappa shape index (κ3) is 12.0. The van der Waals surface area contributed by atoms with Crippen LogP contribution in [0.15, 0.2) is 0 Å². The van der Waals surface area contributed by atoms with Crippen molar-refractivity contribution in [2.45, 2.75) is 96.9 Å². The van der Waals surface area contributed by atoms with Crippen LogP contribution in [-0.4, -0.2) is 34.3 Å². The molecule has 0 amide bonds. The molecule has 1 aliphatic heterocycles. The molecule has 0 aromatic heterocycles. The van der Waals surface area contributed by atoms with Gasteiger partial charge in [0.05, 0.1) is 0 Å². The van der Waals surface area contributed by atoms with Crippen LogP contribution >= 0.6 is 12.6 Å². The van der Waals surface area contributed by atoms with Gasteiger partial charge in [-0.15, -0.1) is 0 Å². The fourth-order valence-corrected chi connectivity index (χ4v) is 6.07. The van der Waals surface area contributed by atoms with E-state index < -0.39 is 8.80 Å². The Morgan fingerprint density at radius 2 is 1.65 bits per heavy atom. The Kier molecular flexibility index (Phi) is 15.4. The van der Waals surface area contributed by atoms with Gasteiger partial charge in [-0.2, -0.15) is 12.6 Å². The number of hydrogen-bond acceptors (Lipinski definition) is 5. The summed E-state index contributed by atoms with van der Waals surface area (Å²) < 4.78 is 18.3. The van der Waals surface area contributed by atoms with Crippen LogP contribution in [0.1, 0.15) is 90.9 Å². The Hall–Kier alpha value is 0.407. The molecule has 1 N–H and O–H groups in total. The van der Waals surface area contributed by atoms with Crippen LogP contribution in [-0.2, 0) is 13.4 Å².